The molecule has 0 bridgehead atoms. The van der Waals surface area contributed by atoms with Crippen LogP contribution in [0.3, 0.4) is 0 Å². The summed E-state index contributed by atoms with van der Waals surface area (Å²) in [7, 11) is 0. The van der Waals surface area contributed by atoms with E-state index in [4.69, 9.17) is 0 Å². The summed E-state index contributed by atoms with van der Waals surface area (Å²) in [6.45, 7) is 8.31. The summed E-state index contributed by atoms with van der Waals surface area (Å²) in [6.07, 6.45) is 3.33. The van der Waals surface area contributed by atoms with E-state index in [0.717, 1.165) is 38.9 Å². The highest BCUT2D eigenvalue weighted by molar-refractivity contribution is 7.10. The molecule has 0 radical (unpaired) electrons. The van der Waals surface area contributed by atoms with Gasteiger partial charge in [-0.05, 0) is 54.3 Å². The molecule has 1 saturated heterocycles. The Morgan fingerprint density at radius 1 is 0.968 bits per heavy atom. The Morgan fingerprint density at radius 3 is 2.45 bits per heavy atom. The van der Waals surface area contributed by atoms with Gasteiger partial charge in [-0.25, -0.2) is 0 Å². The van der Waals surface area contributed by atoms with E-state index in [0.29, 0.717) is 26.1 Å². The maximum absolute atomic E-state index is 13.3. The Bertz CT molecular complexity index is 925. The number of carbonyl (C=O) groups is 2. The summed E-state index contributed by atoms with van der Waals surface area (Å²) in [4.78, 5) is 33.3. The van der Waals surface area contributed by atoms with Gasteiger partial charge in [0.05, 0.1) is 12.6 Å². The van der Waals surface area contributed by atoms with Crippen LogP contribution in [0.2, 0.25) is 0 Å². The van der Waals surface area contributed by atoms with Crippen molar-refractivity contribution in [2.24, 2.45) is 0 Å². The highest BCUT2D eigenvalue weighted by Gasteiger charge is 2.33. The Hall–Kier alpha value is -2.18. The van der Waals surface area contributed by atoms with Crippen LogP contribution < -0.4 is 0 Å². The van der Waals surface area contributed by atoms with Crippen LogP contribution in [0.25, 0.3) is 0 Å². The van der Waals surface area contributed by atoms with Crippen LogP contribution in [0.5, 0.6) is 0 Å². The summed E-state index contributed by atoms with van der Waals surface area (Å²) < 4.78 is 0. The second-order valence-electron chi connectivity index (χ2n) is 8.64. The molecule has 4 rings (SSSR count). The molecule has 2 aromatic rings. The maximum Gasteiger partial charge on any atom is 0.236 e. The second kappa shape index (κ2) is 9.96. The zero-order chi connectivity index (χ0) is 21.8. The number of carbonyl (C=O) groups excluding carboxylic acids is 2. The molecule has 31 heavy (non-hydrogen) atoms. The van der Waals surface area contributed by atoms with Crippen LogP contribution in [-0.2, 0) is 16.0 Å². The molecular weight excluding hydrogens is 406 g/mol. The minimum absolute atomic E-state index is 0.134. The van der Waals surface area contributed by atoms with E-state index in [9.17, 15) is 9.59 Å². The summed E-state index contributed by atoms with van der Waals surface area (Å²) in [5.74, 6) is 0.402. The second-order valence-corrected chi connectivity index (χ2v) is 9.64. The molecule has 2 aliphatic heterocycles. The molecule has 2 aliphatic rings. The van der Waals surface area contributed by atoms with E-state index in [1.54, 1.807) is 0 Å². The number of amides is 2. The van der Waals surface area contributed by atoms with Gasteiger partial charge in [-0.2, -0.15) is 0 Å². The van der Waals surface area contributed by atoms with E-state index in [1.807, 2.05) is 28.1 Å². The predicted molar refractivity (Wildman–Crippen MR) is 125 cm³/mol. The lowest BCUT2D eigenvalue weighted by atomic mass is 9.90. The molecule has 1 aromatic heterocycles. The summed E-state index contributed by atoms with van der Waals surface area (Å²) in [5.41, 5.74) is 3.91. The Balaban J connectivity index is 1.48. The molecule has 0 N–H and O–H groups in total. The monoisotopic (exact) mass is 439 g/mol. The quantitative estimate of drug-likeness (QED) is 0.711. The van der Waals surface area contributed by atoms with E-state index in [2.05, 4.69) is 47.5 Å². The van der Waals surface area contributed by atoms with Gasteiger partial charge in [0.15, 0.2) is 0 Å². The number of hydrogen-bond donors (Lipinski definition) is 0. The van der Waals surface area contributed by atoms with Crippen molar-refractivity contribution in [1.29, 1.82) is 0 Å². The highest BCUT2D eigenvalue weighted by Crippen LogP contribution is 2.38. The first-order chi connectivity index (χ1) is 15.1. The number of thiophene rings is 1. The molecule has 1 atom stereocenters. The number of rotatable bonds is 5. The third-order valence-corrected chi connectivity index (χ3v) is 7.55. The average molecular weight is 440 g/mol. The van der Waals surface area contributed by atoms with Gasteiger partial charge in [-0.15, -0.1) is 11.3 Å². The first kappa shape index (κ1) is 22.0. The first-order valence-corrected chi connectivity index (χ1v) is 12.4. The minimum Gasteiger partial charge on any atom is -0.341 e. The van der Waals surface area contributed by atoms with Gasteiger partial charge in [0.1, 0.15) is 0 Å². The molecule has 2 amide bonds. The number of nitrogens with zero attached hydrogens (tertiary/aromatic N) is 3. The van der Waals surface area contributed by atoms with Crippen molar-refractivity contribution in [3.05, 3.63) is 57.3 Å². The summed E-state index contributed by atoms with van der Waals surface area (Å²) in [5, 5.41) is 2.18. The van der Waals surface area contributed by atoms with E-state index in [-0.39, 0.29) is 17.9 Å². The molecule has 1 fully saturated rings. The summed E-state index contributed by atoms with van der Waals surface area (Å²) >= 11 is 1.83. The maximum atomic E-state index is 13.3. The number of benzene rings is 1. The van der Waals surface area contributed by atoms with Crippen molar-refractivity contribution in [3.8, 4) is 0 Å². The van der Waals surface area contributed by atoms with E-state index in [1.165, 1.54) is 21.6 Å². The van der Waals surface area contributed by atoms with Gasteiger partial charge in [0, 0.05) is 44.0 Å². The molecule has 166 valence electrons. The first-order valence-electron chi connectivity index (χ1n) is 11.5. The lowest BCUT2D eigenvalue weighted by molar-refractivity contribution is -0.134. The van der Waals surface area contributed by atoms with Gasteiger partial charge >= 0.3 is 0 Å². The minimum atomic E-state index is 0.134. The predicted octanol–water partition coefficient (Wildman–Crippen LogP) is 3.87. The fraction of sp³-hybridized carbons (Fsp3) is 0.520. The van der Waals surface area contributed by atoms with Gasteiger partial charge in [0.25, 0.3) is 0 Å². The van der Waals surface area contributed by atoms with Crippen molar-refractivity contribution in [1.82, 2.24) is 14.7 Å². The fourth-order valence-electron chi connectivity index (χ4n) is 4.86. The zero-order valence-corrected chi connectivity index (χ0v) is 19.5. The van der Waals surface area contributed by atoms with Gasteiger partial charge in [-0.1, -0.05) is 31.2 Å². The standard InChI is InChI=1S/C25H33N3O2S/c1-3-7-23(29)26-12-6-13-27(16-15-26)24(30)18-28-14-10-22-21(11-17-31-22)25(28)20-9-5-4-8-19(20)2/h4-5,8-9,11,17,25H,3,6-7,10,12-16,18H2,1-2H3. The fourth-order valence-corrected chi connectivity index (χ4v) is 5.76. The molecule has 0 saturated carbocycles. The number of hydrogen-bond acceptors (Lipinski definition) is 4. The smallest absolute Gasteiger partial charge is 0.236 e. The normalized spacial score (nSPS) is 19.7. The molecule has 5 nitrogen and oxygen atoms in total. The lowest BCUT2D eigenvalue weighted by Gasteiger charge is -2.37. The Kier molecular flexibility index (Phi) is 7.08. The van der Waals surface area contributed by atoms with Gasteiger partial charge in [0.2, 0.25) is 11.8 Å². The lowest BCUT2D eigenvalue weighted by Crippen LogP contribution is -2.45. The Labute approximate surface area is 189 Å². The number of fused-ring (bicyclic) bond motifs is 1. The van der Waals surface area contributed by atoms with Crippen LogP contribution in [0.4, 0.5) is 0 Å². The highest BCUT2D eigenvalue weighted by atomic mass is 32.1. The zero-order valence-electron chi connectivity index (χ0n) is 18.7. The van der Waals surface area contributed by atoms with Crippen molar-refractivity contribution < 1.29 is 9.59 Å². The van der Waals surface area contributed by atoms with Crippen molar-refractivity contribution in [2.45, 2.75) is 45.6 Å². The SMILES string of the molecule is CCCC(=O)N1CCCN(C(=O)CN2CCc3sccc3C2c2ccccc2C)CC1. The molecule has 3 heterocycles. The van der Waals surface area contributed by atoms with Gasteiger partial charge < -0.3 is 9.80 Å². The molecule has 0 aliphatic carbocycles. The van der Waals surface area contributed by atoms with Crippen LogP contribution in [0.1, 0.15) is 53.8 Å². The van der Waals surface area contributed by atoms with Gasteiger partial charge in [-0.3, -0.25) is 14.5 Å². The Morgan fingerprint density at radius 2 is 1.71 bits per heavy atom. The van der Waals surface area contributed by atoms with E-state index >= 15 is 0 Å². The molecule has 6 heteroatoms. The van der Waals surface area contributed by atoms with Crippen LogP contribution in [-0.4, -0.2) is 65.8 Å². The number of aryl methyl sites for hydroxylation is 1. The van der Waals surface area contributed by atoms with Crippen molar-refractivity contribution >= 4 is 23.2 Å². The molecular formula is C25H33N3O2S. The average Bonchev–Trinajstić information content (AvgIpc) is 3.10. The third-order valence-electron chi connectivity index (χ3n) is 6.55. The largest absolute Gasteiger partial charge is 0.341 e. The van der Waals surface area contributed by atoms with Crippen molar-refractivity contribution in [2.75, 3.05) is 39.3 Å². The molecule has 0 spiro atoms. The topological polar surface area (TPSA) is 43.9 Å². The van der Waals surface area contributed by atoms with Crippen LogP contribution in [0.15, 0.2) is 35.7 Å². The summed E-state index contributed by atoms with van der Waals surface area (Å²) in [6, 6.07) is 10.9. The van der Waals surface area contributed by atoms with Crippen molar-refractivity contribution in [3.63, 3.8) is 0 Å². The molecule has 1 unspecified atom stereocenters. The van der Waals surface area contributed by atoms with Crippen LogP contribution in [0, 0.1) is 6.92 Å². The van der Waals surface area contributed by atoms with Crippen LogP contribution >= 0.6 is 11.3 Å². The third kappa shape index (κ3) is 4.85. The van der Waals surface area contributed by atoms with E-state index < -0.39 is 0 Å². The molecule has 1 aromatic carbocycles.